The number of nitrogens with two attached hydrogens (primary N) is 1. The Morgan fingerprint density at radius 3 is 2.70 bits per heavy atom. The molecule has 0 bridgehead atoms. The molecule has 0 aliphatic heterocycles. The van der Waals surface area contributed by atoms with E-state index in [0.29, 0.717) is 5.82 Å². The van der Waals surface area contributed by atoms with Gasteiger partial charge in [-0.15, -0.1) is 11.3 Å². The van der Waals surface area contributed by atoms with E-state index in [2.05, 4.69) is 34.6 Å². The summed E-state index contributed by atoms with van der Waals surface area (Å²) in [5, 5.41) is 3.35. The summed E-state index contributed by atoms with van der Waals surface area (Å²) in [6, 6.07) is 5.84. The lowest BCUT2D eigenvalue weighted by Gasteiger charge is -2.14. The number of hydrazine groups is 1. The Morgan fingerprint density at radius 2 is 2.10 bits per heavy atom. The van der Waals surface area contributed by atoms with Gasteiger partial charge in [0.2, 0.25) is 0 Å². The van der Waals surface area contributed by atoms with Gasteiger partial charge in [-0.05, 0) is 25.5 Å². The van der Waals surface area contributed by atoms with E-state index in [9.17, 15) is 0 Å². The number of nitrogen functional groups attached to an aromatic ring is 1. The molecule has 0 spiro atoms. The van der Waals surface area contributed by atoms with Crippen LogP contribution in [0.3, 0.4) is 0 Å². The SMILES string of the molecule is CCCc1nc(NN)cc(NC(C)c2ccc(Cl)s2)n1. The van der Waals surface area contributed by atoms with Crippen molar-refractivity contribution in [2.45, 2.75) is 32.7 Å². The van der Waals surface area contributed by atoms with Gasteiger partial charge >= 0.3 is 0 Å². The second kappa shape index (κ2) is 6.88. The number of halogens is 1. The molecule has 2 rings (SSSR count). The van der Waals surface area contributed by atoms with Gasteiger partial charge in [0.1, 0.15) is 17.5 Å². The van der Waals surface area contributed by atoms with Crippen LogP contribution in [0.2, 0.25) is 4.34 Å². The summed E-state index contributed by atoms with van der Waals surface area (Å²) in [7, 11) is 0. The molecule has 0 saturated heterocycles. The van der Waals surface area contributed by atoms with Gasteiger partial charge in [0.05, 0.1) is 10.4 Å². The fourth-order valence-corrected chi connectivity index (χ4v) is 2.90. The zero-order valence-electron chi connectivity index (χ0n) is 11.5. The topological polar surface area (TPSA) is 75.9 Å². The Balaban J connectivity index is 2.17. The highest BCUT2D eigenvalue weighted by molar-refractivity contribution is 7.16. The molecule has 0 radical (unpaired) electrons. The summed E-state index contributed by atoms with van der Waals surface area (Å²) in [6.07, 6.45) is 1.81. The highest BCUT2D eigenvalue weighted by Gasteiger charge is 2.10. The number of aromatic nitrogens is 2. The van der Waals surface area contributed by atoms with E-state index in [1.807, 2.05) is 12.1 Å². The van der Waals surface area contributed by atoms with E-state index in [-0.39, 0.29) is 6.04 Å². The van der Waals surface area contributed by atoms with E-state index in [1.165, 1.54) is 0 Å². The zero-order chi connectivity index (χ0) is 14.5. The summed E-state index contributed by atoms with van der Waals surface area (Å²) in [5.41, 5.74) is 2.57. The number of aryl methyl sites for hydroxylation is 1. The van der Waals surface area contributed by atoms with Crippen LogP contribution in [0.25, 0.3) is 0 Å². The van der Waals surface area contributed by atoms with Gasteiger partial charge in [0.15, 0.2) is 0 Å². The number of nitrogens with one attached hydrogen (secondary N) is 2. The monoisotopic (exact) mass is 311 g/mol. The lowest BCUT2D eigenvalue weighted by Crippen LogP contribution is -2.13. The third-order valence-electron chi connectivity index (χ3n) is 2.78. The highest BCUT2D eigenvalue weighted by Crippen LogP contribution is 2.28. The maximum atomic E-state index is 5.96. The molecule has 20 heavy (non-hydrogen) atoms. The number of hydrogen-bond acceptors (Lipinski definition) is 6. The fourth-order valence-electron chi connectivity index (χ4n) is 1.83. The van der Waals surface area contributed by atoms with Crippen molar-refractivity contribution < 1.29 is 0 Å². The summed E-state index contributed by atoms with van der Waals surface area (Å²) < 4.78 is 0.785. The van der Waals surface area contributed by atoms with Gasteiger partial charge < -0.3 is 10.7 Å². The summed E-state index contributed by atoms with van der Waals surface area (Å²) >= 11 is 7.52. The first kappa shape index (κ1) is 15.0. The quantitative estimate of drug-likeness (QED) is 0.561. The largest absolute Gasteiger partial charge is 0.363 e. The van der Waals surface area contributed by atoms with Gasteiger partial charge in [-0.1, -0.05) is 18.5 Å². The second-order valence-electron chi connectivity index (χ2n) is 4.46. The Labute approximate surface area is 127 Å². The van der Waals surface area contributed by atoms with Crippen LogP contribution in [0.1, 0.15) is 37.0 Å². The van der Waals surface area contributed by atoms with Gasteiger partial charge in [0, 0.05) is 17.4 Å². The molecule has 2 heterocycles. The molecule has 1 unspecified atom stereocenters. The Bertz CT molecular complexity index is 572. The number of thiophene rings is 1. The summed E-state index contributed by atoms with van der Waals surface area (Å²) in [4.78, 5) is 9.98. The minimum Gasteiger partial charge on any atom is -0.363 e. The number of anilines is 2. The Kier molecular flexibility index (Phi) is 5.17. The average molecular weight is 312 g/mol. The maximum absolute atomic E-state index is 5.96. The molecule has 0 aliphatic carbocycles. The van der Waals surface area contributed by atoms with Crippen LogP contribution >= 0.6 is 22.9 Å². The smallest absolute Gasteiger partial charge is 0.145 e. The predicted octanol–water partition coefficient (Wildman–Crippen LogP) is 3.60. The van der Waals surface area contributed by atoms with E-state index in [0.717, 1.165) is 33.7 Å². The molecule has 2 aromatic rings. The van der Waals surface area contributed by atoms with Crippen molar-refractivity contribution in [3.8, 4) is 0 Å². The van der Waals surface area contributed by atoms with Gasteiger partial charge in [-0.2, -0.15) is 0 Å². The van der Waals surface area contributed by atoms with Crippen molar-refractivity contribution in [3.63, 3.8) is 0 Å². The third-order valence-corrected chi connectivity index (χ3v) is 4.19. The van der Waals surface area contributed by atoms with Crippen molar-refractivity contribution in [1.29, 1.82) is 0 Å². The molecule has 108 valence electrons. The van der Waals surface area contributed by atoms with Crippen LogP contribution < -0.4 is 16.6 Å². The molecular weight excluding hydrogens is 294 g/mol. The first-order chi connectivity index (χ1) is 9.62. The van der Waals surface area contributed by atoms with E-state index in [4.69, 9.17) is 17.4 Å². The van der Waals surface area contributed by atoms with Gasteiger partial charge in [0.25, 0.3) is 0 Å². The third kappa shape index (κ3) is 3.82. The maximum Gasteiger partial charge on any atom is 0.145 e. The highest BCUT2D eigenvalue weighted by atomic mass is 35.5. The molecule has 4 N–H and O–H groups in total. The summed E-state index contributed by atoms with van der Waals surface area (Å²) in [6.45, 7) is 4.16. The number of rotatable bonds is 6. The lowest BCUT2D eigenvalue weighted by atomic mass is 10.2. The van der Waals surface area contributed by atoms with E-state index >= 15 is 0 Å². The summed E-state index contributed by atoms with van der Waals surface area (Å²) in [5.74, 6) is 7.60. The van der Waals surface area contributed by atoms with Gasteiger partial charge in [-0.25, -0.2) is 15.8 Å². The van der Waals surface area contributed by atoms with Crippen LogP contribution in [0.15, 0.2) is 18.2 Å². The van der Waals surface area contributed by atoms with E-state index < -0.39 is 0 Å². The second-order valence-corrected chi connectivity index (χ2v) is 6.20. The standard InChI is InChI=1S/C13H18ClN5S/c1-3-4-11-17-12(7-13(18-11)19-15)16-8(2)9-5-6-10(14)20-9/h5-8H,3-4,15H2,1-2H3,(H2,16,17,18,19). The zero-order valence-corrected chi connectivity index (χ0v) is 13.1. The van der Waals surface area contributed by atoms with Crippen LogP contribution in [-0.2, 0) is 6.42 Å². The first-order valence-corrected chi connectivity index (χ1v) is 7.68. The average Bonchev–Trinajstić information content (AvgIpc) is 2.85. The molecule has 0 aliphatic rings. The van der Waals surface area contributed by atoms with Crippen LogP contribution in [0.4, 0.5) is 11.6 Å². The molecule has 0 aromatic carbocycles. The lowest BCUT2D eigenvalue weighted by molar-refractivity contribution is 0.823. The Hall–Kier alpha value is -1.37. The normalized spacial score (nSPS) is 12.2. The first-order valence-electron chi connectivity index (χ1n) is 6.48. The molecule has 2 aromatic heterocycles. The minimum absolute atomic E-state index is 0.127. The molecule has 0 fully saturated rings. The Morgan fingerprint density at radius 1 is 1.35 bits per heavy atom. The molecule has 0 amide bonds. The minimum atomic E-state index is 0.127. The van der Waals surface area contributed by atoms with Crippen LogP contribution in [-0.4, -0.2) is 9.97 Å². The fraction of sp³-hybridized carbons (Fsp3) is 0.385. The van der Waals surface area contributed by atoms with Crippen molar-refractivity contribution in [2.75, 3.05) is 10.7 Å². The van der Waals surface area contributed by atoms with Crippen LogP contribution in [0.5, 0.6) is 0 Å². The number of hydrogen-bond donors (Lipinski definition) is 3. The molecule has 7 heteroatoms. The van der Waals surface area contributed by atoms with Crippen molar-refractivity contribution >= 4 is 34.6 Å². The molecule has 1 atom stereocenters. The van der Waals surface area contributed by atoms with Crippen LogP contribution in [0, 0.1) is 0 Å². The van der Waals surface area contributed by atoms with Gasteiger partial charge in [-0.3, -0.25) is 0 Å². The molecule has 0 saturated carbocycles. The predicted molar refractivity (Wildman–Crippen MR) is 85.2 cm³/mol. The van der Waals surface area contributed by atoms with Crippen molar-refractivity contribution in [1.82, 2.24) is 9.97 Å². The van der Waals surface area contributed by atoms with E-state index in [1.54, 1.807) is 17.4 Å². The number of nitrogens with zero attached hydrogens (tertiary/aromatic N) is 2. The van der Waals surface area contributed by atoms with Crippen molar-refractivity contribution in [3.05, 3.63) is 33.2 Å². The van der Waals surface area contributed by atoms with Crippen molar-refractivity contribution in [2.24, 2.45) is 5.84 Å². The molecule has 5 nitrogen and oxygen atoms in total. The molecular formula is C13H18ClN5S.